The topological polar surface area (TPSA) is 42.2 Å². The molecular weight excluding hydrogens is 266 g/mol. The molecule has 0 radical (unpaired) electrons. The number of halogens is 1. The zero-order valence-corrected chi connectivity index (χ0v) is 11.8. The van der Waals surface area contributed by atoms with Crippen molar-refractivity contribution in [3.8, 4) is 0 Å². The lowest BCUT2D eigenvalue weighted by Crippen LogP contribution is -2.29. The summed E-state index contributed by atoms with van der Waals surface area (Å²) in [5.74, 6) is 1.64. The van der Waals surface area contributed by atoms with Crippen LogP contribution in [0.25, 0.3) is 0 Å². The Morgan fingerprint density at radius 2 is 2.19 bits per heavy atom. The molecule has 1 aromatic rings. The Morgan fingerprint density at radius 1 is 1.50 bits per heavy atom. The molecule has 1 rings (SSSR count). The molecule has 0 saturated carbocycles. The highest BCUT2D eigenvalue weighted by molar-refractivity contribution is 9.10. The summed E-state index contributed by atoms with van der Waals surface area (Å²) in [5.41, 5.74) is 6.85. The van der Waals surface area contributed by atoms with E-state index in [1.165, 1.54) is 0 Å². The van der Waals surface area contributed by atoms with Gasteiger partial charge in [0.05, 0.1) is 0 Å². The fourth-order valence-corrected chi connectivity index (χ4v) is 2.09. The molecule has 2 N–H and O–H groups in total. The van der Waals surface area contributed by atoms with Crippen LogP contribution in [0.1, 0.15) is 26.3 Å². The van der Waals surface area contributed by atoms with Gasteiger partial charge in [-0.05, 0) is 34.8 Å². The maximum Gasteiger partial charge on any atom is 0.133 e. The Morgan fingerprint density at radius 3 is 2.69 bits per heavy atom. The third kappa shape index (κ3) is 3.46. The Balaban J connectivity index is 2.99. The number of hydrogen-bond donors (Lipinski definition) is 1. The number of hydrogen-bond acceptors (Lipinski definition) is 3. The third-order valence-corrected chi connectivity index (χ3v) is 2.83. The summed E-state index contributed by atoms with van der Waals surface area (Å²) in [4.78, 5) is 6.75. The van der Waals surface area contributed by atoms with Gasteiger partial charge in [-0.25, -0.2) is 4.98 Å². The number of aromatic nitrogens is 1. The Bertz CT molecular complexity index is 339. The van der Waals surface area contributed by atoms with E-state index in [1.54, 1.807) is 0 Å². The standard InChI is InChI=1S/C12H20BrN3/c1-4-16(8-9(2)3)12-10(6-14)5-11(13)7-15-12/h5,7,9H,4,6,8,14H2,1-3H3. The first-order valence-corrected chi connectivity index (χ1v) is 6.47. The van der Waals surface area contributed by atoms with Crippen molar-refractivity contribution in [2.45, 2.75) is 27.3 Å². The van der Waals surface area contributed by atoms with Crippen molar-refractivity contribution < 1.29 is 0 Å². The van der Waals surface area contributed by atoms with E-state index in [1.807, 2.05) is 12.3 Å². The Kier molecular flexibility index (Phi) is 5.22. The van der Waals surface area contributed by atoms with E-state index in [0.717, 1.165) is 28.9 Å². The van der Waals surface area contributed by atoms with Crippen LogP contribution >= 0.6 is 15.9 Å². The lowest BCUT2D eigenvalue weighted by molar-refractivity contribution is 0.612. The van der Waals surface area contributed by atoms with Gasteiger partial charge >= 0.3 is 0 Å². The van der Waals surface area contributed by atoms with Crippen molar-refractivity contribution in [3.63, 3.8) is 0 Å². The summed E-state index contributed by atoms with van der Waals surface area (Å²) in [7, 11) is 0. The molecule has 0 aliphatic rings. The van der Waals surface area contributed by atoms with Crippen molar-refractivity contribution in [3.05, 3.63) is 22.3 Å². The minimum atomic E-state index is 0.524. The summed E-state index contributed by atoms with van der Waals surface area (Å²) in [5, 5.41) is 0. The van der Waals surface area contributed by atoms with Crippen LogP contribution < -0.4 is 10.6 Å². The van der Waals surface area contributed by atoms with Crippen LogP contribution in [0.15, 0.2) is 16.7 Å². The molecule has 0 aliphatic carbocycles. The molecule has 4 heteroatoms. The van der Waals surface area contributed by atoms with Gasteiger partial charge < -0.3 is 10.6 Å². The number of nitrogens with zero attached hydrogens (tertiary/aromatic N) is 2. The van der Waals surface area contributed by atoms with Gasteiger partial charge in [-0.1, -0.05) is 13.8 Å². The predicted molar refractivity (Wildman–Crippen MR) is 72.6 cm³/mol. The van der Waals surface area contributed by atoms with Gasteiger partial charge in [0, 0.05) is 35.9 Å². The SMILES string of the molecule is CCN(CC(C)C)c1ncc(Br)cc1CN. The zero-order chi connectivity index (χ0) is 12.1. The number of rotatable bonds is 5. The van der Waals surface area contributed by atoms with Crippen LogP contribution in [0.5, 0.6) is 0 Å². The molecule has 0 saturated heterocycles. The molecule has 0 atom stereocenters. The van der Waals surface area contributed by atoms with Gasteiger partial charge in [0.2, 0.25) is 0 Å². The number of nitrogens with two attached hydrogens (primary N) is 1. The van der Waals surface area contributed by atoms with Crippen LogP contribution in [0.4, 0.5) is 5.82 Å². The van der Waals surface area contributed by atoms with E-state index in [-0.39, 0.29) is 0 Å². The lowest BCUT2D eigenvalue weighted by atomic mass is 10.2. The van der Waals surface area contributed by atoms with E-state index in [4.69, 9.17) is 5.73 Å². The summed E-state index contributed by atoms with van der Waals surface area (Å²) in [6.07, 6.45) is 1.83. The Hall–Kier alpha value is -0.610. The average molecular weight is 286 g/mol. The van der Waals surface area contributed by atoms with Crippen LogP contribution in [0.3, 0.4) is 0 Å². The van der Waals surface area contributed by atoms with E-state index in [9.17, 15) is 0 Å². The van der Waals surface area contributed by atoms with Gasteiger partial charge in [0.15, 0.2) is 0 Å². The molecular formula is C12H20BrN3. The molecule has 1 heterocycles. The molecule has 1 aromatic heterocycles. The molecule has 0 aliphatic heterocycles. The predicted octanol–water partition coefficient (Wildman–Crippen LogP) is 2.79. The van der Waals surface area contributed by atoms with Gasteiger partial charge in [0.1, 0.15) is 5.82 Å². The van der Waals surface area contributed by atoms with Crippen molar-refractivity contribution in [2.24, 2.45) is 11.7 Å². The Labute approximate surface area is 106 Å². The summed E-state index contributed by atoms with van der Waals surface area (Å²) in [6.45, 7) is 9.06. The van der Waals surface area contributed by atoms with Gasteiger partial charge in [-0.2, -0.15) is 0 Å². The van der Waals surface area contributed by atoms with E-state index in [0.29, 0.717) is 12.5 Å². The van der Waals surface area contributed by atoms with Crippen LogP contribution in [-0.2, 0) is 6.54 Å². The van der Waals surface area contributed by atoms with Crippen molar-refractivity contribution >= 4 is 21.7 Å². The molecule has 16 heavy (non-hydrogen) atoms. The van der Waals surface area contributed by atoms with E-state index < -0.39 is 0 Å². The lowest BCUT2D eigenvalue weighted by Gasteiger charge is -2.26. The van der Waals surface area contributed by atoms with E-state index >= 15 is 0 Å². The molecule has 0 unspecified atom stereocenters. The van der Waals surface area contributed by atoms with Crippen molar-refractivity contribution in [1.29, 1.82) is 0 Å². The molecule has 3 nitrogen and oxygen atoms in total. The highest BCUT2D eigenvalue weighted by Crippen LogP contribution is 2.21. The van der Waals surface area contributed by atoms with Crippen LogP contribution in [0, 0.1) is 5.92 Å². The van der Waals surface area contributed by atoms with E-state index in [2.05, 4.69) is 46.6 Å². The largest absolute Gasteiger partial charge is 0.356 e. The minimum Gasteiger partial charge on any atom is -0.356 e. The van der Waals surface area contributed by atoms with Crippen molar-refractivity contribution in [1.82, 2.24) is 4.98 Å². The first-order valence-electron chi connectivity index (χ1n) is 5.67. The highest BCUT2D eigenvalue weighted by Gasteiger charge is 2.12. The second kappa shape index (κ2) is 6.21. The summed E-state index contributed by atoms with van der Waals surface area (Å²) >= 11 is 3.42. The van der Waals surface area contributed by atoms with Crippen molar-refractivity contribution in [2.75, 3.05) is 18.0 Å². The van der Waals surface area contributed by atoms with Crippen LogP contribution in [-0.4, -0.2) is 18.1 Å². The normalized spacial score (nSPS) is 10.9. The number of anilines is 1. The molecule has 0 amide bonds. The second-order valence-corrected chi connectivity index (χ2v) is 5.19. The first kappa shape index (κ1) is 13.5. The van der Waals surface area contributed by atoms with Gasteiger partial charge in [-0.15, -0.1) is 0 Å². The average Bonchev–Trinajstić information content (AvgIpc) is 2.25. The maximum atomic E-state index is 5.76. The summed E-state index contributed by atoms with van der Waals surface area (Å²) in [6, 6.07) is 2.05. The monoisotopic (exact) mass is 285 g/mol. The fourth-order valence-electron chi connectivity index (χ4n) is 1.72. The fraction of sp³-hybridized carbons (Fsp3) is 0.583. The molecule has 0 spiro atoms. The number of pyridine rings is 1. The highest BCUT2D eigenvalue weighted by atomic mass is 79.9. The molecule has 0 bridgehead atoms. The zero-order valence-electron chi connectivity index (χ0n) is 10.2. The molecule has 0 aromatic carbocycles. The third-order valence-electron chi connectivity index (χ3n) is 2.40. The molecule has 90 valence electrons. The second-order valence-electron chi connectivity index (χ2n) is 4.27. The maximum absolute atomic E-state index is 5.76. The van der Waals surface area contributed by atoms with Gasteiger partial charge in [0.25, 0.3) is 0 Å². The minimum absolute atomic E-state index is 0.524. The smallest absolute Gasteiger partial charge is 0.133 e. The summed E-state index contributed by atoms with van der Waals surface area (Å²) < 4.78 is 0.984. The molecule has 0 fully saturated rings. The van der Waals surface area contributed by atoms with Gasteiger partial charge in [-0.3, -0.25) is 0 Å². The first-order chi connectivity index (χ1) is 7.58. The quantitative estimate of drug-likeness (QED) is 0.905. The van der Waals surface area contributed by atoms with Crippen LogP contribution in [0.2, 0.25) is 0 Å².